The van der Waals surface area contributed by atoms with Crippen molar-refractivity contribution in [2.24, 2.45) is 0 Å². The standard InChI is InChI=1S/C21H23N3O4/c1-4-28-17-9-5-14(6-10-17)19-18(13(2)22-21(26)24-19)20(25)23-15-7-11-16(27-3)12-8-15/h5-12,19H,4H2,1-3H3,(H,23,25)(H2,22,24,26). The lowest BCUT2D eigenvalue weighted by Gasteiger charge is -2.28. The molecule has 0 bridgehead atoms. The molecule has 3 rings (SSSR count). The van der Waals surface area contributed by atoms with Gasteiger partial charge in [-0.3, -0.25) is 4.79 Å². The fourth-order valence-corrected chi connectivity index (χ4v) is 3.04. The maximum Gasteiger partial charge on any atom is 0.319 e. The van der Waals surface area contributed by atoms with E-state index in [0.717, 1.165) is 11.3 Å². The highest BCUT2D eigenvalue weighted by molar-refractivity contribution is 6.06. The molecule has 1 aliphatic rings. The Kier molecular flexibility index (Phi) is 5.84. The predicted octanol–water partition coefficient (Wildman–Crippen LogP) is 3.36. The van der Waals surface area contributed by atoms with Crippen molar-refractivity contribution in [1.29, 1.82) is 0 Å². The first-order valence-corrected chi connectivity index (χ1v) is 8.98. The van der Waals surface area contributed by atoms with Gasteiger partial charge in [-0.15, -0.1) is 0 Å². The normalized spacial score (nSPS) is 16.1. The van der Waals surface area contributed by atoms with Crippen LogP contribution in [0.25, 0.3) is 0 Å². The molecule has 0 spiro atoms. The molecular weight excluding hydrogens is 358 g/mol. The van der Waals surface area contributed by atoms with Crippen molar-refractivity contribution in [1.82, 2.24) is 10.6 Å². The number of urea groups is 1. The fourth-order valence-electron chi connectivity index (χ4n) is 3.04. The Morgan fingerprint density at radius 2 is 1.71 bits per heavy atom. The van der Waals surface area contributed by atoms with Crippen LogP contribution in [0.4, 0.5) is 10.5 Å². The molecule has 1 aliphatic heterocycles. The van der Waals surface area contributed by atoms with Gasteiger partial charge in [-0.05, 0) is 55.8 Å². The number of benzene rings is 2. The van der Waals surface area contributed by atoms with Gasteiger partial charge in [0.1, 0.15) is 11.5 Å². The van der Waals surface area contributed by atoms with Gasteiger partial charge in [-0.2, -0.15) is 0 Å². The summed E-state index contributed by atoms with van der Waals surface area (Å²) in [6, 6.07) is 13.5. The smallest absolute Gasteiger partial charge is 0.319 e. The minimum Gasteiger partial charge on any atom is -0.497 e. The van der Waals surface area contributed by atoms with Gasteiger partial charge in [0, 0.05) is 11.4 Å². The molecule has 0 fully saturated rings. The summed E-state index contributed by atoms with van der Waals surface area (Å²) in [7, 11) is 1.58. The van der Waals surface area contributed by atoms with Crippen molar-refractivity contribution in [3.8, 4) is 11.5 Å². The van der Waals surface area contributed by atoms with Gasteiger partial charge in [0.25, 0.3) is 5.91 Å². The molecule has 2 aromatic rings. The van der Waals surface area contributed by atoms with Crippen LogP contribution >= 0.6 is 0 Å². The monoisotopic (exact) mass is 381 g/mol. The second kappa shape index (κ2) is 8.47. The van der Waals surface area contributed by atoms with Gasteiger partial charge in [-0.25, -0.2) is 4.79 Å². The maximum atomic E-state index is 13.0. The van der Waals surface area contributed by atoms with Gasteiger partial charge in [0.05, 0.1) is 25.3 Å². The molecule has 2 aromatic carbocycles. The molecule has 0 aliphatic carbocycles. The Morgan fingerprint density at radius 1 is 1.07 bits per heavy atom. The molecule has 3 amide bonds. The van der Waals surface area contributed by atoms with E-state index in [9.17, 15) is 9.59 Å². The van der Waals surface area contributed by atoms with Gasteiger partial charge in [0.15, 0.2) is 0 Å². The Hall–Kier alpha value is -3.48. The van der Waals surface area contributed by atoms with Crippen LogP contribution in [0.2, 0.25) is 0 Å². The quantitative estimate of drug-likeness (QED) is 0.716. The maximum absolute atomic E-state index is 13.0. The second-order valence-electron chi connectivity index (χ2n) is 6.25. The Bertz CT molecular complexity index is 889. The summed E-state index contributed by atoms with van der Waals surface area (Å²) in [5, 5.41) is 8.36. The number of allylic oxidation sites excluding steroid dienone is 1. The summed E-state index contributed by atoms with van der Waals surface area (Å²) in [5.41, 5.74) is 2.37. The van der Waals surface area contributed by atoms with E-state index < -0.39 is 6.04 Å². The molecule has 1 atom stereocenters. The van der Waals surface area contributed by atoms with Crippen molar-refractivity contribution < 1.29 is 19.1 Å². The lowest BCUT2D eigenvalue weighted by atomic mass is 9.94. The van der Waals surface area contributed by atoms with Gasteiger partial charge in [-0.1, -0.05) is 12.1 Å². The number of ether oxygens (including phenoxy) is 2. The molecule has 0 radical (unpaired) electrons. The van der Waals surface area contributed by atoms with Gasteiger partial charge < -0.3 is 25.4 Å². The highest BCUT2D eigenvalue weighted by Crippen LogP contribution is 2.29. The fraction of sp³-hybridized carbons (Fsp3) is 0.238. The van der Waals surface area contributed by atoms with Crippen molar-refractivity contribution >= 4 is 17.6 Å². The largest absolute Gasteiger partial charge is 0.497 e. The van der Waals surface area contributed by atoms with E-state index in [4.69, 9.17) is 9.47 Å². The van der Waals surface area contributed by atoms with Crippen molar-refractivity contribution in [3.63, 3.8) is 0 Å². The number of nitrogens with one attached hydrogen (secondary N) is 3. The number of hydrogen-bond acceptors (Lipinski definition) is 4. The van der Waals surface area contributed by atoms with Crippen LogP contribution in [0.5, 0.6) is 11.5 Å². The molecule has 146 valence electrons. The molecule has 1 unspecified atom stereocenters. The Balaban J connectivity index is 1.86. The third-order valence-corrected chi connectivity index (χ3v) is 4.39. The zero-order valence-electron chi connectivity index (χ0n) is 16.0. The van der Waals surface area contributed by atoms with Crippen molar-refractivity contribution in [3.05, 3.63) is 65.4 Å². The molecule has 0 aromatic heterocycles. The average Bonchev–Trinajstić information content (AvgIpc) is 2.68. The Labute approximate surface area is 163 Å². The second-order valence-corrected chi connectivity index (χ2v) is 6.25. The van der Waals surface area contributed by atoms with E-state index in [1.807, 2.05) is 31.2 Å². The summed E-state index contributed by atoms with van der Waals surface area (Å²) in [4.78, 5) is 25.0. The summed E-state index contributed by atoms with van der Waals surface area (Å²) < 4.78 is 10.6. The first kappa shape index (κ1) is 19.3. The molecule has 0 saturated carbocycles. The average molecular weight is 381 g/mol. The summed E-state index contributed by atoms with van der Waals surface area (Å²) in [6.45, 7) is 4.19. The number of hydrogen-bond donors (Lipinski definition) is 3. The van der Waals surface area contributed by atoms with Crippen LogP contribution < -0.4 is 25.4 Å². The molecule has 7 nitrogen and oxygen atoms in total. The zero-order chi connectivity index (χ0) is 20.1. The van der Waals surface area contributed by atoms with E-state index in [-0.39, 0.29) is 11.9 Å². The van der Waals surface area contributed by atoms with E-state index in [1.165, 1.54) is 0 Å². The van der Waals surface area contributed by atoms with Crippen LogP contribution in [0, 0.1) is 0 Å². The first-order chi connectivity index (χ1) is 13.5. The highest BCUT2D eigenvalue weighted by Gasteiger charge is 2.31. The first-order valence-electron chi connectivity index (χ1n) is 8.98. The van der Waals surface area contributed by atoms with Crippen LogP contribution in [-0.2, 0) is 4.79 Å². The topological polar surface area (TPSA) is 88.7 Å². The van der Waals surface area contributed by atoms with E-state index in [1.54, 1.807) is 38.3 Å². The number of carbonyl (C=O) groups is 2. The number of methoxy groups -OCH3 is 1. The van der Waals surface area contributed by atoms with Crippen LogP contribution in [-0.4, -0.2) is 25.7 Å². The lowest BCUT2D eigenvalue weighted by Crippen LogP contribution is -2.45. The molecule has 28 heavy (non-hydrogen) atoms. The molecule has 3 N–H and O–H groups in total. The lowest BCUT2D eigenvalue weighted by molar-refractivity contribution is -0.113. The van der Waals surface area contributed by atoms with Crippen LogP contribution in [0.3, 0.4) is 0 Å². The minimum absolute atomic E-state index is 0.297. The van der Waals surface area contributed by atoms with Crippen molar-refractivity contribution in [2.45, 2.75) is 19.9 Å². The number of rotatable bonds is 6. The van der Waals surface area contributed by atoms with Crippen LogP contribution in [0.15, 0.2) is 59.8 Å². The molecular formula is C21H23N3O4. The van der Waals surface area contributed by atoms with Crippen LogP contribution in [0.1, 0.15) is 25.5 Å². The number of amides is 3. The number of anilines is 1. The van der Waals surface area contributed by atoms with Gasteiger partial charge >= 0.3 is 6.03 Å². The summed E-state index contributed by atoms with van der Waals surface area (Å²) in [6.07, 6.45) is 0. The van der Waals surface area contributed by atoms with Gasteiger partial charge in [0.2, 0.25) is 0 Å². The zero-order valence-corrected chi connectivity index (χ0v) is 16.0. The van der Waals surface area contributed by atoms with E-state index >= 15 is 0 Å². The minimum atomic E-state index is -0.567. The third kappa shape index (κ3) is 4.25. The highest BCUT2D eigenvalue weighted by atomic mass is 16.5. The van der Waals surface area contributed by atoms with E-state index in [2.05, 4.69) is 16.0 Å². The third-order valence-electron chi connectivity index (χ3n) is 4.39. The van der Waals surface area contributed by atoms with E-state index in [0.29, 0.717) is 29.3 Å². The number of carbonyl (C=O) groups excluding carboxylic acids is 2. The molecule has 0 saturated heterocycles. The van der Waals surface area contributed by atoms with Crippen molar-refractivity contribution in [2.75, 3.05) is 19.0 Å². The summed E-state index contributed by atoms with van der Waals surface area (Å²) >= 11 is 0. The predicted molar refractivity (Wildman–Crippen MR) is 106 cm³/mol. The molecule has 1 heterocycles. The summed E-state index contributed by atoms with van der Waals surface area (Å²) in [5.74, 6) is 1.14. The SMILES string of the molecule is CCOc1ccc(C2NC(=O)NC(C)=C2C(=O)Nc2ccc(OC)cc2)cc1. The Morgan fingerprint density at radius 3 is 2.32 bits per heavy atom. The molecule has 7 heteroatoms.